The van der Waals surface area contributed by atoms with E-state index in [0.717, 1.165) is 33.0 Å². The molecule has 1 atom stereocenters. The number of hydrogen-bond acceptors (Lipinski definition) is 7. The summed E-state index contributed by atoms with van der Waals surface area (Å²) in [6.07, 6.45) is 7.36. The van der Waals surface area contributed by atoms with Gasteiger partial charge in [-0.15, -0.1) is 0 Å². The number of nitrogen functional groups attached to an aromatic ring is 1. The Labute approximate surface area is 226 Å². The number of rotatable bonds is 7. The van der Waals surface area contributed by atoms with Crippen LogP contribution in [0.2, 0.25) is 0 Å². The Kier molecular flexibility index (Phi) is 7.18. The summed E-state index contributed by atoms with van der Waals surface area (Å²) in [5.41, 5.74) is 19.6. The first kappa shape index (κ1) is 25.5. The van der Waals surface area contributed by atoms with Crippen molar-refractivity contribution >= 4 is 35.0 Å². The van der Waals surface area contributed by atoms with Gasteiger partial charge in [0, 0.05) is 29.6 Å². The second-order valence-corrected chi connectivity index (χ2v) is 10.2. The van der Waals surface area contributed by atoms with E-state index in [1.165, 1.54) is 12.4 Å². The van der Waals surface area contributed by atoms with Crippen LogP contribution < -0.4 is 16.8 Å². The molecule has 3 aromatic rings. The number of nitrogens with two attached hydrogens (primary N) is 2. The van der Waals surface area contributed by atoms with Gasteiger partial charge in [-0.2, -0.15) is 0 Å². The highest BCUT2D eigenvalue weighted by Crippen LogP contribution is 2.43. The summed E-state index contributed by atoms with van der Waals surface area (Å²) in [6, 6.07) is 14.4. The fourth-order valence-corrected chi connectivity index (χ4v) is 5.43. The fourth-order valence-electron chi connectivity index (χ4n) is 4.61. The number of anilines is 2. The van der Waals surface area contributed by atoms with Crippen LogP contribution in [0.15, 0.2) is 101 Å². The highest BCUT2D eigenvalue weighted by Gasteiger charge is 2.27. The van der Waals surface area contributed by atoms with Crippen LogP contribution in [-0.4, -0.2) is 21.4 Å². The molecule has 1 unspecified atom stereocenters. The van der Waals surface area contributed by atoms with E-state index in [4.69, 9.17) is 11.5 Å². The van der Waals surface area contributed by atoms with Crippen LogP contribution in [0.1, 0.15) is 42.1 Å². The van der Waals surface area contributed by atoms with Crippen molar-refractivity contribution in [1.29, 1.82) is 0 Å². The molecule has 192 valence electrons. The number of hydrogen-bond donors (Lipinski definition) is 3. The summed E-state index contributed by atoms with van der Waals surface area (Å²) in [7, 11) is 0. The lowest BCUT2D eigenvalue weighted by atomic mass is 9.94. The van der Waals surface area contributed by atoms with Gasteiger partial charge in [0.15, 0.2) is 0 Å². The SMILES string of the molecule is C=C1C(c2ccccc2)=C(CNc2ncnc(N)c2C(N)c2ccc(C=C(C)C)c(F)c2)C=C2SC=CN12. The average molecular weight is 525 g/mol. The van der Waals surface area contributed by atoms with E-state index in [0.29, 0.717) is 29.1 Å². The molecule has 8 heteroatoms. The lowest BCUT2D eigenvalue weighted by molar-refractivity contribution is 0.620. The third-order valence-electron chi connectivity index (χ3n) is 6.40. The van der Waals surface area contributed by atoms with Crippen LogP contribution >= 0.6 is 11.8 Å². The monoisotopic (exact) mass is 524 g/mol. The van der Waals surface area contributed by atoms with Crippen LogP contribution in [-0.2, 0) is 0 Å². The van der Waals surface area contributed by atoms with E-state index < -0.39 is 6.04 Å². The zero-order valence-electron chi connectivity index (χ0n) is 21.3. The predicted octanol–water partition coefficient (Wildman–Crippen LogP) is 6.42. The lowest BCUT2D eigenvalue weighted by Crippen LogP contribution is -2.22. The van der Waals surface area contributed by atoms with Gasteiger partial charge in [-0.05, 0) is 48.1 Å². The largest absolute Gasteiger partial charge is 0.383 e. The van der Waals surface area contributed by atoms with E-state index in [1.54, 1.807) is 23.9 Å². The van der Waals surface area contributed by atoms with Crippen molar-refractivity contribution in [3.05, 3.63) is 129 Å². The zero-order valence-corrected chi connectivity index (χ0v) is 22.1. The molecule has 0 spiro atoms. The van der Waals surface area contributed by atoms with E-state index in [9.17, 15) is 4.39 Å². The third-order valence-corrected chi connectivity index (χ3v) is 7.21. The first-order valence-corrected chi connectivity index (χ1v) is 13.1. The van der Waals surface area contributed by atoms with Crippen molar-refractivity contribution in [2.45, 2.75) is 19.9 Å². The molecule has 6 nitrogen and oxygen atoms in total. The minimum absolute atomic E-state index is 0.245. The standard InChI is InChI=1S/C30H29FN6S/c1-18(2)13-21-9-10-22(14-24(21)31)28(32)27-29(33)35-17-36-30(27)34-16-23-15-25-37(11-12-38-25)19(3)26(23)20-7-5-4-6-8-20/h4-15,17,28H,3,16,32H2,1-2H3,(H3,33,34,35,36). The van der Waals surface area contributed by atoms with E-state index in [1.807, 2.05) is 49.7 Å². The first-order chi connectivity index (χ1) is 18.3. The number of thioether (sulfide) groups is 1. The number of nitrogens with one attached hydrogen (secondary N) is 1. The number of aromatic nitrogens is 2. The normalized spacial score (nSPS) is 15.3. The molecule has 2 aliphatic rings. The molecule has 0 saturated heterocycles. The van der Waals surface area contributed by atoms with Crippen molar-refractivity contribution in [3.8, 4) is 0 Å². The summed E-state index contributed by atoms with van der Waals surface area (Å²) in [4.78, 5) is 10.7. The minimum atomic E-state index is -0.721. The Morgan fingerprint density at radius 1 is 1.18 bits per heavy atom. The van der Waals surface area contributed by atoms with Crippen LogP contribution in [0.4, 0.5) is 16.0 Å². The Hall–Kier alpha value is -4.14. The van der Waals surface area contributed by atoms with E-state index in [-0.39, 0.29) is 11.6 Å². The maximum Gasteiger partial charge on any atom is 0.136 e. The number of benzene rings is 2. The van der Waals surface area contributed by atoms with Gasteiger partial charge in [-0.25, -0.2) is 14.4 Å². The molecule has 0 bridgehead atoms. The molecule has 2 aliphatic heterocycles. The van der Waals surface area contributed by atoms with Crippen LogP contribution in [0.3, 0.4) is 0 Å². The van der Waals surface area contributed by atoms with Crippen LogP contribution in [0.5, 0.6) is 0 Å². The second kappa shape index (κ2) is 10.7. The molecule has 0 radical (unpaired) electrons. The molecule has 3 heterocycles. The van der Waals surface area contributed by atoms with Gasteiger partial charge in [0.1, 0.15) is 23.8 Å². The highest BCUT2D eigenvalue weighted by atomic mass is 32.2. The Balaban J connectivity index is 1.48. The molecule has 0 aliphatic carbocycles. The average Bonchev–Trinajstić information content (AvgIpc) is 3.38. The predicted molar refractivity (Wildman–Crippen MR) is 156 cm³/mol. The van der Waals surface area contributed by atoms with Gasteiger partial charge in [-0.1, -0.05) is 72.5 Å². The second-order valence-electron chi connectivity index (χ2n) is 9.32. The number of nitrogens with zero attached hydrogens (tertiary/aromatic N) is 3. The maximum absolute atomic E-state index is 14.8. The third kappa shape index (κ3) is 5.01. The number of halogens is 1. The molecule has 0 saturated carbocycles. The topological polar surface area (TPSA) is 93.1 Å². The van der Waals surface area contributed by atoms with Gasteiger partial charge in [-0.3, -0.25) is 0 Å². The van der Waals surface area contributed by atoms with Crippen molar-refractivity contribution in [3.63, 3.8) is 0 Å². The highest BCUT2D eigenvalue weighted by molar-refractivity contribution is 8.06. The van der Waals surface area contributed by atoms with Crippen molar-refractivity contribution < 1.29 is 4.39 Å². The van der Waals surface area contributed by atoms with Gasteiger partial charge in [0.2, 0.25) is 0 Å². The lowest BCUT2D eigenvalue weighted by Gasteiger charge is -2.29. The zero-order chi connectivity index (χ0) is 26.8. The van der Waals surface area contributed by atoms with Gasteiger partial charge in [0.25, 0.3) is 0 Å². The molecule has 1 aromatic heterocycles. The minimum Gasteiger partial charge on any atom is -0.383 e. The van der Waals surface area contributed by atoms with Gasteiger partial charge < -0.3 is 21.7 Å². The molecule has 5 N–H and O–H groups in total. The molecule has 0 fully saturated rings. The molecular weight excluding hydrogens is 495 g/mol. The van der Waals surface area contributed by atoms with Crippen LogP contribution in [0.25, 0.3) is 11.6 Å². The molecular formula is C30H29FN6S. The Bertz CT molecular complexity index is 1520. The van der Waals surface area contributed by atoms with E-state index in [2.05, 4.69) is 45.0 Å². The summed E-state index contributed by atoms with van der Waals surface area (Å²) in [5, 5.41) is 6.54. The van der Waals surface area contributed by atoms with Crippen LogP contribution in [0, 0.1) is 5.82 Å². The molecule has 5 rings (SSSR count). The van der Waals surface area contributed by atoms with Crippen molar-refractivity contribution in [2.24, 2.45) is 5.73 Å². The van der Waals surface area contributed by atoms with Gasteiger partial charge >= 0.3 is 0 Å². The van der Waals surface area contributed by atoms with Crippen molar-refractivity contribution in [2.75, 3.05) is 17.6 Å². The number of fused-ring (bicyclic) bond motifs is 1. The smallest absolute Gasteiger partial charge is 0.136 e. The quantitative estimate of drug-likeness (QED) is 0.328. The number of allylic oxidation sites excluding steroid dienone is 2. The van der Waals surface area contributed by atoms with Crippen molar-refractivity contribution in [1.82, 2.24) is 14.9 Å². The van der Waals surface area contributed by atoms with Gasteiger partial charge in [0.05, 0.1) is 16.6 Å². The Morgan fingerprint density at radius 2 is 1.97 bits per heavy atom. The Morgan fingerprint density at radius 3 is 2.71 bits per heavy atom. The van der Waals surface area contributed by atoms with E-state index >= 15 is 0 Å². The summed E-state index contributed by atoms with van der Waals surface area (Å²) in [6.45, 7) is 8.68. The first-order valence-electron chi connectivity index (χ1n) is 12.2. The summed E-state index contributed by atoms with van der Waals surface area (Å²) >= 11 is 1.64. The molecule has 0 amide bonds. The summed E-state index contributed by atoms with van der Waals surface area (Å²) < 4.78 is 14.8. The molecule has 38 heavy (non-hydrogen) atoms. The fraction of sp³-hybridized carbons (Fsp3) is 0.133. The summed E-state index contributed by atoms with van der Waals surface area (Å²) in [5.74, 6) is 0.401. The maximum atomic E-state index is 14.8. The molecule has 2 aromatic carbocycles.